The van der Waals surface area contributed by atoms with E-state index in [4.69, 9.17) is 42.6 Å². The van der Waals surface area contributed by atoms with E-state index in [0.29, 0.717) is 12.0 Å². The molecular formula is C109H175FN12O11. The van der Waals surface area contributed by atoms with Crippen molar-refractivity contribution in [3.8, 4) is 34.5 Å². The van der Waals surface area contributed by atoms with Gasteiger partial charge in [0.25, 0.3) is 0 Å². The molecule has 0 aromatic heterocycles. The second-order valence-corrected chi connectivity index (χ2v) is 44.5. The number of carbonyl (C=O) groups excluding carboxylic acids is 1. The summed E-state index contributed by atoms with van der Waals surface area (Å²) in [6.07, 6.45) is -0.257. The first kappa shape index (κ1) is 109. The molecule has 24 heteroatoms. The molecule has 1 amide bonds. The van der Waals surface area contributed by atoms with Crippen LogP contribution < -0.4 is 57.8 Å². The van der Waals surface area contributed by atoms with Crippen LogP contribution in [0.2, 0.25) is 0 Å². The van der Waals surface area contributed by atoms with Gasteiger partial charge in [-0.1, -0.05) is 168 Å². The summed E-state index contributed by atoms with van der Waals surface area (Å²) in [5.74, 6) is 5.88. The molecule has 0 bridgehead atoms. The van der Waals surface area contributed by atoms with Gasteiger partial charge < -0.3 is 82.0 Å². The molecule has 8 aliphatic heterocycles. The van der Waals surface area contributed by atoms with Gasteiger partial charge >= 0.3 is 0 Å². The number of halogens is 1. The highest BCUT2D eigenvalue weighted by Gasteiger charge is 2.42. The number of likely N-dealkylation sites (N-methyl/N-ethyl adjacent to an activating group) is 1. The maximum absolute atomic E-state index is 13.1. The lowest BCUT2D eigenvalue weighted by atomic mass is 9.86. The minimum Gasteiger partial charge on any atom is -0.495 e. The van der Waals surface area contributed by atoms with Gasteiger partial charge in [0.1, 0.15) is 41.2 Å². The number of piperazine rings is 6. The third kappa shape index (κ3) is 30.5. The average Bonchev–Trinajstić information content (AvgIpc) is 0.787. The number of hydrogen-bond donors (Lipinski definition) is 1. The Morgan fingerprint density at radius 3 is 0.910 bits per heavy atom. The molecule has 8 heterocycles. The number of rotatable bonds is 21. The summed E-state index contributed by atoms with van der Waals surface area (Å²) >= 11 is 0. The van der Waals surface area contributed by atoms with Crippen LogP contribution in [-0.2, 0) is 51.5 Å². The van der Waals surface area contributed by atoms with Crippen LogP contribution in [0.3, 0.4) is 0 Å². The third-order valence-electron chi connectivity index (χ3n) is 27.6. The van der Waals surface area contributed by atoms with Gasteiger partial charge in [-0.05, 0) is 160 Å². The number of hydrogen-bond acceptors (Lipinski definition) is 22. The smallest absolute Gasteiger partial charge is 0.219 e. The normalized spacial score (nSPS) is 19.3. The second-order valence-electron chi connectivity index (χ2n) is 44.5. The highest BCUT2D eigenvalue weighted by atomic mass is 19.1. The summed E-state index contributed by atoms with van der Waals surface area (Å²) in [5, 5.41) is 9.50. The van der Waals surface area contributed by atoms with Crippen LogP contribution in [0.25, 0.3) is 0 Å². The van der Waals surface area contributed by atoms with Crippen molar-refractivity contribution in [3.63, 3.8) is 0 Å². The van der Waals surface area contributed by atoms with Crippen molar-refractivity contribution in [2.24, 2.45) is 5.41 Å². The molecule has 6 aromatic rings. The Morgan fingerprint density at radius 2 is 0.662 bits per heavy atom. The highest BCUT2D eigenvalue weighted by Crippen LogP contribution is 2.43. The quantitative estimate of drug-likeness (QED) is 0.0724. The van der Waals surface area contributed by atoms with Crippen LogP contribution >= 0.6 is 0 Å². The number of aliphatic hydroxyl groups excluding tert-OH is 1. The van der Waals surface area contributed by atoms with Crippen LogP contribution in [0.15, 0.2) is 109 Å². The lowest BCUT2D eigenvalue weighted by Gasteiger charge is -2.50. The minimum atomic E-state index is -0.310. The zero-order chi connectivity index (χ0) is 97.8. The summed E-state index contributed by atoms with van der Waals surface area (Å²) in [6.45, 7) is 77.6. The predicted molar refractivity (Wildman–Crippen MR) is 551 cm³/mol. The van der Waals surface area contributed by atoms with Gasteiger partial charge in [-0.3, -0.25) is 29.3 Å². The van der Waals surface area contributed by atoms with E-state index in [1.165, 1.54) is 56.1 Å². The van der Waals surface area contributed by atoms with Gasteiger partial charge in [-0.15, -0.1) is 0 Å². The van der Waals surface area contributed by atoms with Gasteiger partial charge in [0.15, 0.2) is 0 Å². The number of alkyl halides is 1. The molecule has 0 saturated carbocycles. The van der Waals surface area contributed by atoms with Gasteiger partial charge in [-0.2, -0.15) is 0 Å². The number of anilines is 6. The molecule has 0 radical (unpaired) electrons. The molecular weight excluding hydrogens is 1670 g/mol. The number of β-amino-alcohol motifs (C(OH)–C–C–N with tert-alkyl or cyclic N) is 1. The molecule has 1 N–H and O–H groups in total. The van der Waals surface area contributed by atoms with E-state index in [1.807, 2.05) is 18.9 Å². The van der Waals surface area contributed by atoms with Crippen molar-refractivity contribution in [2.45, 2.75) is 202 Å². The Balaban J connectivity index is 0.000000180. The molecule has 2 atom stereocenters. The van der Waals surface area contributed by atoms with E-state index in [9.17, 15) is 14.3 Å². The van der Waals surface area contributed by atoms with Crippen LogP contribution in [0, 0.1) is 5.41 Å². The molecule has 133 heavy (non-hydrogen) atoms. The standard InChI is InChI=1S/C20H32N2O2.C19H30N2O2.2C18H30N2O2.C17H27FN2O.C17H26N2O2/c1-19(2,3)16-6-7-17(18(12-16)23-5)22-10-8-21(9-11-22)13-20(4)14-24-15-20;1-18(2,3)15-6-7-16(17(12-15)22-5)20-8-10-21(11-9-20)19(4)13-23-14-19;1-14(21)13-19-8-10-20(11-9-19)16-7-6-15(18(2,3)4)12-17(16)22-5;1-18(2,3)15-6-7-16(17(14-15)22-5)20-10-8-19(9-11-20)12-13-21-4;1-17(2,3)13-6-7-15(16(10-13)21-5)20-9-8-19(4)14(11-18)12-20;1-13(20)18-8-10-19(11-9-18)15-7-6-14(17(2,3)4)12-16(15)21-5/h6-7,12H,8-11,13-15H2,1-5H3;6-7,12H,8-11,13-14H2,1-5H3;6-7,12,14,21H,8-11,13H2,1-5H3;6-7,14H,8-13H2,1-5H3;6-7,10,14H,8-9,11-12H2,1-5H3;6-7,12H,8-11H2,1-5H3. The summed E-state index contributed by atoms with van der Waals surface area (Å²) in [7, 11) is 14.2. The van der Waals surface area contributed by atoms with Crippen molar-refractivity contribution >= 4 is 40.0 Å². The van der Waals surface area contributed by atoms with Gasteiger partial charge in [0, 0.05) is 190 Å². The Hall–Kier alpha value is -8.04. The topological polar surface area (TPSA) is 159 Å². The van der Waals surface area contributed by atoms with Crippen LogP contribution in [-0.4, -0.2) is 325 Å². The minimum absolute atomic E-state index is 0.0363. The lowest BCUT2D eigenvalue weighted by molar-refractivity contribution is -0.131. The van der Waals surface area contributed by atoms with Crippen molar-refractivity contribution < 1.29 is 56.9 Å². The highest BCUT2D eigenvalue weighted by molar-refractivity contribution is 5.74. The summed E-state index contributed by atoms with van der Waals surface area (Å²) in [5.41, 5.74) is 16.2. The van der Waals surface area contributed by atoms with E-state index in [-0.39, 0.29) is 62.8 Å². The molecule has 8 fully saturated rings. The van der Waals surface area contributed by atoms with E-state index >= 15 is 0 Å². The van der Waals surface area contributed by atoms with Crippen LogP contribution in [0.4, 0.5) is 38.5 Å². The number of ether oxygens (including phenoxy) is 9. The molecule has 23 nitrogen and oxygen atoms in total. The largest absolute Gasteiger partial charge is 0.495 e. The van der Waals surface area contributed by atoms with E-state index in [1.54, 1.807) is 56.7 Å². The fourth-order valence-corrected chi connectivity index (χ4v) is 18.3. The monoisotopic (exact) mass is 1850 g/mol. The Kier molecular flexibility index (Phi) is 39.1. The van der Waals surface area contributed by atoms with E-state index in [2.05, 4.69) is 302 Å². The Morgan fingerprint density at radius 1 is 0.391 bits per heavy atom. The van der Waals surface area contributed by atoms with E-state index in [0.717, 1.165) is 243 Å². The average molecular weight is 1850 g/mol. The first-order valence-electron chi connectivity index (χ1n) is 49.0. The third-order valence-corrected chi connectivity index (χ3v) is 27.6. The maximum atomic E-state index is 13.1. The Labute approximate surface area is 803 Å². The van der Waals surface area contributed by atoms with Crippen molar-refractivity contribution in [2.75, 3.05) is 296 Å². The number of nitrogens with zero attached hydrogens (tertiary/aromatic N) is 12. The molecule has 0 aliphatic carbocycles. The van der Waals surface area contributed by atoms with Crippen molar-refractivity contribution in [1.82, 2.24) is 29.4 Å². The molecule has 6 aromatic carbocycles. The van der Waals surface area contributed by atoms with Gasteiger partial charge in [-0.25, -0.2) is 4.39 Å². The number of methoxy groups -OCH3 is 7. The summed E-state index contributed by atoms with van der Waals surface area (Å²) in [4.78, 5) is 39.6. The summed E-state index contributed by atoms with van der Waals surface area (Å²) < 4.78 is 62.9. The fourth-order valence-electron chi connectivity index (χ4n) is 18.3. The second kappa shape index (κ2) is 47.8. The SMILES string of the molecule is COCCN1CCN(c2ccc(C(C)(C)C)cc2OC)CC1.COc1cc(C(C)(C)C)ccc1N1CCN(C(C)=O)CC1.COc1cc(C(C)(C)C)ccc1N1CCN(C)C(CF)C1.COc1cc(C(C)(C)C)ccc1N1CCN(C2(C)COC2)CC1.COc1cc(C(C)(C)C)ccc1N1CCN(CC(C)O)CC1.COc1cc(C(C)(C)C)ccc1N1CCN(CC2(C)COC2)CC1. The van der Waals surface area contributed by atoms with Crippen molar-refractivity contribution in [1.29, 1.82) is 0 Å². The lowest BCUT2D eigenvalue weighted by Crippen LogP contribution is -2.64. The molecule has 14 rings (SSSR count). The Bertz CT molecular complexity index is 4560. The zero-order valence-electron chi connectivity index (χ0n) is 87.9. The first-order chi connectivity index (χ1) is 62.6. The van der Waals surface area contributed by atoms with Gasteiger partial charge in [0.2, 0.25) is 5.91 Å². The molecule has 0 spiro atoms. The first-order valence-corrected chi connectivity index (χ1v) is 49.0. The molecule has 744 valence electrons. The number of carbonyl (C=O) groups is 1. The van der Waals surface area contributed by atoms with Crippen LogP contribution in [0.1, 0.15) is 186 Å². The predicted octanol–water partition coefficient (Wildman–Crippen LogP) is 17.1. The number of benzene rings is 6. The fraction of sp³-hybridized carbons (Fsp3) is 0.661. The summed E-state index contributed by atoms with van der Waals surface area (Å²) in [6, 6.07) is 39.3. The zero-order valence-corrected chi connectivity index (χ0v) is 87.9. The number of aliphatic hydroxyl groups is 1. The van der Waals surface area contributed by atoms with Crippen LogP contribution in [0.5, 0.6) is 34.5 Å². The van der Waals surface area contributed by atoms with Gasteiger partial charge in [0.05, 0.1) is 128 Å². The van der Waals surface area contributed by atoms with E-state index < -0.39 is 0 Å². The molecule has 2 unspecified atom stereocenters. The van der Waals surface area contributed by atoms with Crippen molar-refractivity contribution in [3.05, 3.63) is 143 Å². The number of amides is 1. The molecule has 8 saturated heterocycles. The maximum Gasteiger partial charge on any atom is 0.219 e. The molecule has 8 aliphatic rings.